The first-order chi connectivity index (χ1) is 12.0. The standard InChI is InChI=1S/C16H22N4O4S.ClH/c1-17-11-6-9-18(10-7-11)15(21)12-3-2-8-19(12)16(22)13-4-5-14(25-13)20(23)24;/h4-5,11-12,17H,2-3,6-10H2,1H3;1H. The number of hydrogen-bond donors (Lipinski definition) is 1. The largest absolute Gasteiger partial charge is 0.341 e. The van der Waals surface area contributed by atoms with E-state index in [0.717, 1.165) is 30.6 Å². The number of nitro groups is 1. The Morgan fingerprint density at radius 1 is 1.23 bits per heavy atom. The summed E-state index contributed by atoms with van der Waals surface area (Å²) in [4.78, 5) is 39.6. The van der Waals surface area contributed by atoms with Gasteiger partial charge in [0.1, 0.15) is 6.04 Å². The predicted molar refractivity (Wildman–Crippen MR) is 101 cm³/mol. The minimum atomic E-state index is -0.500. The Kier molecular flexibility index (Phi) is 6.96. The van der Waals surface area contributed by atoms with Crippen LogP contribution in [0, 0.1) is 10.1 Å². The maximum Gasteiger partial charge on any atom is 0.324 e. The number of nitrogens with one attached hydrogen (secondary N) is 1. The molecule has 2 fully saturated rings. The molecule has 0 radical (unpaired) electrons. The van der Waals surface area contributed by atoms with Gasteiger partial charge in [0.05, 0.1) is 9.80 Å². The summed E-state index contributed by atoms with van der Waals surface area (Å²) in [6, 6.07) is 2.81. The first-order valence-electron chi connectivity index (χ1n) is 8.52. The summed E-state index contributed by atoms with van der Waals surface area (Å²) in [6.45, 7) is 1.93. The van der Waals surface area contributed by atoms with E-state index in [9.17, 15) is 19.7 Å². The number of amides is 2. The lowest BCUT2D eigenvalue weighted by Gasteiger charge is -2.35. The van der Waals surface area contributed by atoms with E-state index in [1.807, 2.05) is 11.9 Å². The van der Waals surface area contributed by atoms with Gasteiger partial charge < -0.3 is 15.1 Å². The van der Waals surface area contributed by atoms with Gasteiger partial charge in [0.15, 0.2) is 0 Å². The van der Waals surface area contributed by atoms with Crippen molar-refractivity contribution in [2.24, 2.45) is 0 Å². The van der Waals surface area contributed by atoms with Gasteiger partial charge in [0, 0.05) is 31.7 Å². The third-order valence-electron chi connectivity index (χ3n) is 5.00. The highest BCUT2D eigenvalue weighted by atomic mass is 35.5. The predicted octanol–water partition coefficient (Wildman–Crippen LogP) is 1.89. The third kappa shape index (κ3) is 4.16. The highest BCUT2D eigenvalue weighted by Crippen LogP contribution is 2.29. The number of halogens is 1. The summed E-state index contributed by atoms with van der Waals surface area (Å²) in [5, 5.41) is 14.0. The second-order valence-corrected chi connectivity index (χ2v) is 7.50. The van der Waals surface area contributed by atoms with Crippen LogP contribution in [-0.4, -0.2) is 65.3 Å². The average Bonchev–Trinajstić information content (AvgIpc) is 3.30. The number of carbonyl (C=O) groups is 2. The zero-order valence-electron chi connectivity index (χ0n) is 14.6. The van der Waals surface area contributed by atoms with Crippen molar-refractivity contribution in [2.45, 2.75) is 37.8 Å². The molecule has 1 unspecified atom stereocenters. The lowest BCUT2D eigenvalue weighted by molar-refractivity contribution is -0.380. The van der Waals surface area contributed by atoms with Gasteiger partial charge in [-0.15, -0.1) is 12.4 Å². The number of carbonyl (C=O) groups excluding carboxylic acids is 2. The molecule has 2 aliphatic heterocycles. The van der Waals surface area contributed by atoms with Crippen LogP contribution in [0.4, 0.5) is 5.00 Å². The number of nitrogens with zero attached hydrogens (tertiary/aromatic N) is 3. The Hall–Kier alpha value is -1.71. The van der Waals surface area contributed by atoms with Gasteiger partial charge >= 0.3 is 5.00 Å². The summed E-state index contributed by atoms with van der Waals surface area (Å²) < 4.78 is 0. The smallest absolute Gasteiger partial charge is 0.324 e. The van der Waals surface area contributed by atoms with Gasteiger partial charge in [0.25, 0.3) is 5.91 Å². The molecular formula is C16H23ClN4O4S. The molecule has 10 heteroatoms. The minimum absolute atomic E-state index is 0. The van der Waals surface area contributed by atoms with E-state index in [4.69, 9.17) is 0 Å². The molecular weight excluding hydrogens is 380 g/mol. The topological polar surface area (TPSA) is 95.8 Å². The maximum absolute atomic E-state index is 12.9. The molecule has 0 bridgehead atoms. The van der Waals surface area contributed by atoms with Crippen molar-refractivity contribution in [1.82, 2.24) is 15.1 Å². The number of hydrogen-bond acceptors (Lipinski definition) is 6. The fourth-order valence-electron chi connectivity index (χ4n) is 3.55. The SMILES string of the molecule is CNC1CCN(C(=O)C2CCCN2C(=O)c2ccc([N+](=O)[O-])s2)CC1.Cl. The van der Waals surface area contributed by atoms with Crippen LogP contribution in [0.1, 0.15) is 35.4 Å². The zero-order valence-corrected chi connectivity index (χ0v) is 16.2. The monoisotopic (exact) mass is 402 g/mol. The van der Waals surface area contributed by atoms with Gasteiger partial charge in [-0.05, 0) is 38.8 Å². The van der Waals surface area contributed by atoms with E-state index in [2.05, 4.69) is 5.32 Å². The summed E-state index contributed by atoms with van der Waals surface area (Å²) >= 11 is 0.865. The molecule has 2 saturated heterocycles. The van der Waals surface area contributed by atoms with Crippen molar-refractivity contribution >= 4 is 40.6 Å². The average molecular weight is 403 g/mol. The fourth-order valence-corrected chi connectivity index (χ4v) is 4.32. The third-order valence-corrected chi connectivity index (χ3v) is 6.02. The lowest BCUT2D eigenvalue weighted by atomic mass is 10.0. The van der Waals surface area contributed by atoms with Crippen LogP contribution in [0.2, 0.25) is 0 Å². The highest BCUT2D eigenvalue weighted by Gasteiger charge is 2.38. The number of thiophene rings is 1. The van der Waals surface area contributed by atoms with E-state index in [0.29, 0.717) is 37.0 Å². The number of likely N-dealkylation sites (tertiary alicyclic amines) is 2. The fraction of sp³-hybridized carbons (Fsp3) is 0.625. The molecule has 1 aromatic rings. The Morgan fingerprint density at radius 2 is 1.92 bits per heavy atom. The highest BCUT2D eigenvalue weighted by molar-refractivity contribution is 7.17. The van der Waals surface area contributed by atoms with Gasteiger partial charge in [-0.1, -0.05) is 11.3 Å². The molecule has 8 nitrogen and oxygen atoms in total. The second-order valence-electron chi connectivity index (χ2n) is 6.44. The van der Waals surface area contributed by atoms with Gasteiger partial charge in [-0.2, -0.15) is 0 Å². The van der Waals surface area contributed by atoms with Gasteiger partial charge in [-0.25, -0.2) is 0 Å². The van der Waals surface area contributed by atoms with Crippen LogP contribution in [0.3, 0.4) is 0 Å². The molecule has 0 aromatic carbocycles. The van der Waals surface area contributed by atoms with Crippen LogP contribution in [0.15, 0.2) is 12.1 Å². The van der Waals surface area contributed by atoms with E-state index in [1.54, 1.807) is 4.90 Å². The normalized spacial score (nSPS) is 20.7. The van der Waals surface area contributed by atoms with Crippen molar-refractivity contribution in [3.05, 3.63) is 27.1 Å². The molecule has 1 aromatic heterocycles. The number of piperidine rings is 1. The molecule has 0 spiro atoms. The van der Waals surface area contributed by atoms with Crippen LogP contribution in [-0.2, 0) is 4.79 Å². The number of rotatable bonds is 4. The summed E-state index contributed by atoms with van der Waals surface area (Å²) in [5.41, 5.74) is 0. The van der Waals surface area contributed by atoms with Crippen molar-refractivity contribution in [3.63, 3.8) is 0 Å². The van der Waals surface area contributed by atoms with E-state index in [1.165, 1.54) is 12.1 Å². The molecule has 2 amide bonds. The van der Waals surface area contributed by atoms with Crippen LogP contribution < -0.4 is 5.32 Å². The first-order valence-corrected chi connectivity index (χ1v) is 9.34. The Morgan fingerprint density at radius 3 is 2.50 bits per heavy atom. The molecule has 144 valence electrons. The Labute approximate surface area is 162 Å². The molecule has 0 aliphatic carbocycles. The summed E-state index contributed by atoms with van der Waals surface area (Å²) in [6.07, 6.45) is 3.27. The van der Waals surface area contributed by atoms with Gasteiger partial charge in [-0.3, -0.25) is 19.7 Å². The first kappa shape index (κ1) is 20.6. The van der Waals surface area contributed by atoms with Crippen molar-refractivity contribution < 1.29 is 14.5 Å². The molecule has 3 heterocycles. The van der Waals surface area contributed by atoms with Gasteiger partial charge in [0.2, 0.25) is 5.91 Å². The lowest BCUT2D eigenvalue weighted by Crippen LogP contribution is -2.51. The Bertz CT molecular complexity index is 675. The molecule has 1 atom stereocenters. The van der Waals surface area contributed by atoms with E-state index >= 15 is 0 Å². The summed E-state index contributed by atoms with van der Waals surface area (Å²) in [5.74, 6) is -0.273. The Balaban J connectivity index is 0.00000243. The van der Waals surface area contributed by atoms with E-state index < -0.39 is 11.0 Å². The van der Waals surface area contributed by atoms with Crippen LogP contribution >= 0.6 is 23.7 Å². The van der Waals surface area contributed by atoms with Crippen molar-refractivity contribution in [2.75, 3.05) is 26.7 Å². The maximum atomic E-state index is 12.9. The van der Waals surface area contributed by atoms with Crippen molar-refractivity contribution in [1.29, 1.82) is 0 Å². The van der Waals surface area contributed by atoms with E-state index in [-0.39, 0.29) is 29.2 Å². The molecule has 3 rings (SSSR count). The van der Waals surface area contributed by atoms with Crippen LogP contribution in [0.5, 0.6) is 0 Å². The quantitative estimate of drug-likeness (QED) is 0.612. The zero-order chi connectivity index (χ0) is 18.0. The summed E-state index contributed by atoms with van der Waals surface area (Å²) in [7, 11) is 1.93. The molecule has 1 N–H and O–H groups in total. The van der Waals surface area contributed by atoms with Crippen molar-refractivity contribution in [3.8, 4) is 0 Å². The minimum Gasteiger partial charge on any atom is -0.341 e. The molecule has 0 saturated carbocycles. The van der Waals surface area contributed by atoms with Crippen LogP contribution in [0.25, 0.3) is 0 Å². The molecule has 2 aliphatic rings. The molecule has 26 heavy (non-hydrogen) atoms. The second kappa shape index (κ2) is 8.79.